The minimum atomic E-state index is -0.879. The first-order chi connectivity index (χ1) is 15.2. The van der Waals surface area contributed by atoms with Gasteiger partial charge in [-0.1, -0.05) is 48.5 Å². The lowest BCUT2D eigenvalue weighted by Gasteiger charge is -2.29. The van der Waals surface area contributed by atoms with Gasteiger partial charge in [0.25, 0.3) is 0 Å². The summed E-state index contributed by atoms with van der Waals surface area (Å²) in [6, 6.07) is 25.5. The number of hydrogen-bond acceptors (Lipinski definition) is 4. The van der Waals surface area contributed by atoms with Crippen molar-refractivity contribution in [1.29, 1.82) is 5.26 Å². The standard InChI is InChI=1S/C25H23ClN2O3/c1-30-21-13-11-20(12-14-21)28(25(29)15-16-26)23(17-27)22-9-5-6-10-24(22)31-18-19-7-3-2-4-8-19/h2-14,23H,15-16,18H2,1H3. The van der Waals surface area contributed by atoms with Gasteiger partial charge in [0.05, 0.1) is 13.2 Å². The van der Waals surface area contributed by atoms with Gasteiger partial charge in [0.15, 0.2) is 6.04 Å². The molecule has 0 bridgehead atoms. The summed E-state index contributed by atoms with van der Waals surface area (Å²) in [6.07, 6.45) is 0.110. The van der Waals surface area contributed by atoms with Crippen molar-refractivity contribution in [2.45, 2.75) is 19.1 Å². The summed E-state index contributed by atoms with van der Waals surface area (Å²) < 4.78 is 11.2. The van der Waals surface area contributed by atoms with Crippen LogP contribution in [0.25, 0.3) is 0 Å². The molecule has 0 saturated carbocycles. The molecule has 1 unspecified atom stereocenters. The number of ether oxygens (including phenoxy) is 2. The van der Waals surface area contributed by atoms with Gasteiger partial charge in [-0.25, -0.2) is 0 Å². The summed E-state index contributed by atoms with van der Waals surface area (Å²) in [6.45, 7) is 0.355. The predicted octanol–water partition coefficient (Wildman–Crippen LogP) is 5.50. The molecule has 31 heavy (non-hydrogen) atoms. The molecule has 0 fully saturated rings. The summed E-state index contributed by atoms with van der Waals surface area (Å²) in [5.74, 6) is 1.13. The van der Waals surface area contributed by atoms with Crippen molar-refractivity contribution in [3.8, 4) is 17.6 Å². The Labute approximate surface area is 187 Å². The minimum absolute atomic E-state index is 0.110. The number of carbonyl (C=O) groups excluding carboxylic acids is 1. The Balaban J connectivity index is 1.96. The maximum atomic E-state index is 13.0. The number of para-hydroxylation sites is 1. The Kier molecular flexibility index (Phi) is 7.91. The fraction of sp³-hybridized carbons (Fsp3) is 0.200. The molecule has 0 N–H and O–H groups in total. The average Bonchev–Trinajstić information content (AvgIpc) is 2.82. The summed E-state index contributed by atoms with van der Waals surface area (Å²) >= 11 is 5.84. The topological polar surface area (TPSA) is 62.6 Å². The van der Waals surface area contributed by atoms with Crippen LogP contribution in [0.5, 0.6) is 11.5 Å². The monoisotopic (exact) mass is 434 g/mol. The number of benzene rings is 3. The molecule has 0 aliphatic rings. The van der Waals surface area contributed by atoms with Gasteiger partial charge in [0.1, 0.15) is 18.1 Å². The van der Waals surface area contributed by atoms with E-state index in [9.17, 15) is 10.1 Å². The van der Waals surface area contributed by atoms with Crippen molar-refractivity contribution in [1.82, 2.24) is 0 Å². The highest BCUT2D eigenvalue weighted by Gasteiger charge is 2.28. The summed E-state index contributed by atoms with van der Waals surface area (Å²) in [7, 11) is 1.57. The van der Waals surface area contributed by atoms with Crippen LogP contribution in [-0.4, -0.2) is 18.9 Å². The zero-order chi connectivity index (χ0) is 22.1. The van der Waals surface area contributed by atoms with Gasteiger partial charge in [-0.15, -0.1) is 11.6 Å². The van der Waals surface area contributed by atoms with E-state index in [1.54, 1.807) is 43.5 Å². The summed E-state index contributed by atoms with van der Waals surface area (Å²) in [4.78, 5) is 14.4. The lowest BCUT2D eigenvalue weighted by molar-refractivity contribution is -0.118. The number of anilines is 1. The van der Waals surface area contributed by atoms with Gasteiger partial charge >= 0.3 is 0 Å². The van der Waals surface area contributed by atoms with Crippen molar-refractivity contribution in [2.75, 3.05) is 17.9 Å². The van der Waals surface area contributed by atoms with E-state index in [-0.39, 0.29) is 18.2 Å². The maximum absolute atomic E-state index is 13.0. The quantitative estimate of drug-likeness (QED) is 0.417. The fourth-order valence-electron chi connectivity index (χ4n) is 3.22. The Morgan fingerprint density at radius 3 is 2.35 bits per heavy atom. The van der Waals surface area contributed by atoms with Gasteiger partial charge in [-0.3, -0.25) is 9.69 Å². The molecule has 3 rings (SSSR count). The summed E-state index contributed by atoms with van der Waals surface area (Å²) in [5.41, 5.74) is 2.20. The second-order valence-corrected chi connectivity index (χ2v) is 7.12. The van der Waals surface area contributed by atoms with Gasteiger partial charge in [-0.05, 0) is 35.9 Å². The number of rotatable bonds is 9. The molecule has 0 aliphatic heterocycles. The Hall–Kier alpha value is -3.49. The molecule has 1 amide bonds. The normalized spacial score (nSPS) is 11.3. The molecule has 158 valence electrons. The van der Waals surface area contributed by atoms with Crippen LogP contribution in [0.2, 0.25) is 0 Å². The van der Waals surface area contributed by atoms with E-state index in [1.807, 2.05) is 42.5 Å². The van der Waals surface area contributed by atoms with E-state index in [1.165, 1.54) is 4.90 Å². The van der Waals surface area contributed by atoms with Crippen molar-refractivity contribution in [3.05, 3.63) is 90.0 Å². The lowest BCUT2D eigenvalue weighted by Crippen LogP contribution is -2.34. The molecule has 5 nitrogen and oxygen atoms in total. The average molecular weight is 435 g/mol. The zero-order valence-corrected chi connectivity index (χ0v) is 18.0. The molecule has 0 aliphatic carbocycles. The van der Waals surface area contributed by atoms with E-state index >= 15 is 0 Å². The molecule has 0 saturated heterocycles. The van der Waals surface area contributed by atoms with E-state index in [0.717, 1.165) is 5.56 Å². The molecule has 6 heteroatoms. The number of amides is 1. The van der Waals surface area contributed by atoms with Gasteiger partial charge in [0.2, 0.25) is 5.91 Å². The highest BCUT2D eigenvalue weighted by molar-refractivity contribution is 6.19. The molecule has 0 aromatic heterocycles. The third-order valence-corrected chi connectivity index (χ3v) is 4.95. The van der Waals surface area contributed by atoms with Crippen LogP contribution in [0, 0.1) is 11.3 Å². The van der Waals surface area contributed by atoms with Crippen molar-refractivity contribution in [3.63, 3.8) is 0 Å². The molecular weight excluding hydrogens is 412 g/mol. The zero-order valence-electron chi connectivity index (χ0n) is 17.2. The van der Waals surface area contributed by atoms with E-state index < -0.39 is 6.04 Å². The smallest absolute Gasteiger partial charge is 0.229 e. The first kappa shape index (κ1) is 22.2. The first-order valence-corrected chi connectivity index (χ1v) is 10.4. The van der Waals surface area contributed by atoms with Crippen molar-refractivity contribution >= 4 is 23.2 Å². The molecule has 0 radical (unpaired) electrons. The lowest BCUT2D eigenvalue weighted by atomic mass is 10.0. The van der Waals surface area contributed by atoms with Crippen LogP contribution in [0.3, 0.4) is 0 Å². The molecular formula is C25H23ClN2O3. The van der Waals surface area contributed by atoms with Crippen LogP contribution in [0.15, 0.2) is 78.9 Å². The third-order valence-electron chi connectivity index (χ3n) is 4.76. The molecule has 0 heterocycles. The van der Waals surface area contributed by atoms with Crippen LogP contribution in [-0.2, 0) is 11.4 Å². The molecule has 1 atom stereocenters. The molecule has 3 aromatic rings. The number of nitrogens with zero attached hydrogens (tertiary/aromatic N) is 2. The second-order valence-electron chi connectivity index (χ2n) is 6.74. The van der Waals surface area contributed by atoms with E-state index in [4.69, 9.17) is 21.1 Å². The van der Waals surface area contributed by atoms with Crippen LogP contribution >= 0.6 is 11.6 Å². The van der Waals surface area contributed by atoms with Crippen LogP contribution < -0.4 is 14.4 Å². The highest BCUT2D eigenvalue weighted by Crippen LogP contribution is 2.34. The minimum Gasteiger partial charge on any atom is -0.497 e. The number of methoxy groups -OCH3 is 1. The fourth-order valence-corrected chi connectivity index (χ4v) is 3.38. The van der Waals surface area contributed by atoms with E-state index in [0.29, 0.717) is 29.4 Å². The number of hydrogen-bond donors (Lipinski definition) is 0. The number of halogens is 1. The molecule has 0 spiro atoms. The highest BCUT2D eigenvalue weighted by atomic mass is 35.5. The Morgan fingerprint density at radius 2 is 1.71 bits per heavy atom. The number of carbonyl (C=O) groups is 1. The summed E-state index contributed by atoms with van der Waals surface area (Å²) in [5, 5.41) is 10.1. The largest absolute Gasteiger partial charge is 0.497 e. The Morgan fingerprint density at radius 1 is 1.03 bits per heavy atom. The third kappa shape index (κ3) is 5.56. The van der Waals surface area contributed by atoms with Gasteiger partial charge < -0.3 is 9.47 Å². The Bertz CT molecular complexity index is 1030. The van der Waals surface area contributed by atoms with Crippen molar-refractivity contribution < 1.29 is 14.3 Å². The van der Waals surface area contributed by atoms with Crippen LogP contribution in [0.4, 0.5) is 5.69 Å². The predicted molar refractivity (Wildman–Crippen MR) is 121 cm³/mol. The van der Waals surface area contributed by atoms with Gasteiger partial charge in [-0.2, -0.15) is 5.26 Å². The first-order valence-electron chi connectivity index (χ1n) is 9.85. The number of alkyl halides is 1. The SMILES string of the molecule is COc1ccc(N(C(=O)CCCl)C(C#N)c2ccccc2OCc2ccccc2)cc1. The van der Waals surface area contributed by atoms with Gasteiger partial charge in [0, 0.05) is 23.6 Å². The molecule has 3 aromatic carbocycles. The maximum Gasteiger partial charge on any atom is 0.229 e. The number of nitriles is 1. The van der Waals surface area contributed by atoms with Crippen LogP contribution in [0.1, 0.15) is 23.6 Å². The van der Waals surface area contributed by atoms with E-state index in [2.05, 4.69) is 6.07 Å². The second kappa shape index (κ2) is 11.1. The van der Waals surface area contributed by atoms with Crippen molar-refractivity contribution in [2.24, 2.45) is 0 Å².